The van der Waals surface area contributed by atoms with Crippen molar-refractivity contribution in [2.24, 2.45) is 0 Å². The highest BCUT2D eigenvalue weighted by Gasteiger charge is 2.14. The summed E-state index contributed by atoms with van der Waals surface area (Å²) in [5.41, 5.74) is 1.40. The Balaban J connectivity index is 1.64. The Morgan fingerprint density at radius 3 is 2.36 bits per heavy atom. The van der Waals surface area contributed by atoms with Crippen molar-refractivity contribution in [1.29, 1.82) is 0 Å². The summed E-state index contributed by atoms with van der Waals surface area (Å²) >= 11 is 4.53. The summed E-state index contributed by atoms with van der Waals surface area (Å²) in [6, 6.07) is 13.7. The molecule has 0 radical (unpaired) electrons. The van der Waals surface area contributed by atoms with Gasteiger partial charge in [-0.25, -0.2) is 0 Å². The molecule has 0 spiro atoms. The van der Waals surface area contributed by atoms with E-state index in [0.29, 0.717) is 15.7 Å². The number of hydrogen-bond acceptors (Lipinski definition) is 6. The molecule has 1 heterocycles. The quantitative estimate of drug-likeness (QED) is 0.464. The zero-order valence-electron chi connectivity index (χ0n) is 12.9. The number of benzene rings is 2. The molecule has 3 rings (SSSR count). The first-order chi connectivity index (χ1) is 12.0. The lowest BCUT2D eigenvalue weighted by Crippen LogP contribution is -2.13. The van der Waals surface area contributed by atoms with Crippen LogP contribution in [0.2, 0.25) is 0 Å². The van der Waals surface area contributed by atoms with E-state index >= 15 is 0 Å². The number of anilines is 3. The number of phenols is 1. The number of aromatic nitrogens is 1. The normalized spacial score (nSPS) is 10.4. The lowest BCUT2D eigenvalue weighted by atomic mass is 10.3. The van der Waals surface area contributed by atoms with Crippen molar-refractivity contribution in [3.05, 3.63) is 57.9 Å². The molecule has 0 atom stereocenters. The van der Waals surface area contributed by atoms with E-state index in [4.69, 9.17) is 0 Å². The highest BCUT2D eigenvalue weighted by Crippen LogP contribution is 2.31. The molecule has 0 aliphatic carbocycles. The molecule has 4 N–H and O–H groups in total. The van der Waals surface area contributed by atoms with Gasteiger partial charge < -0.3 is 20.8 Å². The van der Waals surface area contributed by atoms with Crippen molar-refractivity contribution in [2.45, 2.75) is 6.42 Å². The average Bonchev–Trinajstić information content (AvgIpc) is 2.91. The van der Waals surface area contributed by atoms with Crippen LogP contribution in [0.4, 0.5) is 16.5 Å². The van der Waals surface area contributed by atoms with Crippen molar-refractivity contribution in [3.63, 3.8) is 0 Å². The van der Waals surface area contributed by atoms with Gasteiger partial charge in [0, 0.05) is 15.8 Å². The maximum absolute atomic E-state index is 12.1. The van der Waals surface area contributed by atoms with Gasteiger partial charge in [0.05, 0.1) is 11.3 Å². The van der Waals surface area contributed by atoms with Crippen LogP contribution in [0.15, 0.2) is 53.0 Å². The van der Waals surface area contributed by atoms with E-state index in [2.05, 4.69) is 31.5 Å². The Morgan fingerprint density at radius 1 is 1.04 bits per heavy atom. The van der Waals surface area contributed by atoms with Gasteiger partial charge in [-0.3, -0.25) is 4.79 Å². The van der Waals surface area contributed by atoms with Gasteiger partial charge in [-0.05, 0) is 48.5 Å². The number of carbonyl (C=O) groups is 1. The van der Waals surface area contributed by atoms with Crippen molar-refractivity contribution in [2.75, 3.05) is 10.6 Å². The van der Waals surface area contributed by atoms with E-state index in [9.17, 15) is 15.0 Å². The second-order valence-electron chi connectivity index (χ2n) is 5.17. The molecule has 128 valence electrons. The van der Waals surface area contributed by atoms with E-state index < -0.39 is 0 Å². The molecule has 0 bridgehead atoms. The summed E-state index contributed by atoms with van der Waals surface area (Å²) in [5.74, 6) is -0.243. The smallest absolute Gasteiger partial charge is 0.229 e. The molecule has 25 heavy (non-hydrogen) atoms. The Bertz CT molecular complexity index is 879. The fraction of sp³-hybridized carbons (Fsp3) is 0.0588. The number of aromatic hydroxyl groups is 2. The average molecular weight is 420 g/mol. The fourth-order valence-electron chi connectivity index (χ4n) is 2.06. The molecule has 0 saturated carbocycles. The first kappa shape index (κ1) is 17.2. The van der Waals surface area contributed by atoms with Crippen LogP contribution in [-0.2, 0) is 11.2 Å². The Morgan fingerprint density at radius 2 is 1.68 bits per heavy atom. The Labute approximate surface area is 156 Å². The van der Waals surface area contributed by atoms with Crippen LogP contribution in [0, 0.1) is 0 Å². The maximum Gasteiger partial charge on any atom is 0.229 e. The van der Waals surface area contributed by atoms with Crippen molar-refractivity contribution < 1.29 is 15.0 Å². The number of hydrogen-bond donors (Lipinski definition) is 4. The van der Waals surface area contributed by atoms with E-state index in [1.807, 2.05) is 12.1 Å². The monoisotopic (exact) mass is 419 g/mol. The van der Waals surface area contributed by atoms with Crippen LogP contribution in [0.3, 0.4) is 0 Å². The third-order valence-corrected chi connectivity index (χ3v) is 4.73. The summed E-state index contributed by atoms with van der Waals surface area (Å²) in [6.07, 6.45) is 0.0246. The second kappa shape index (κ2) is 7.54. The van der Waals surface area contributed by atoms with E-state index in [1.54, 1.807) is 36.4 Å². The number of phenolic OH excluding ortho intramolecular Hbond substituents is 1. The topological polar surface area (TPSA) is 94.5 Å². The molecule has 1 amide bonds. The van der Waals surface area contributed by atoms with Crippen LogP contribution < -0.4 is 10.6 Å². The summed E-state index contributed by atoms with van der Waals surface area (Å²) in [6.45, 7) is 0. The van der Waals surface area contributed by atoms with Crippen LogP contribution in [0.25, 0.3) is 0 Å². The van der Waals surface area contributed by atoms with Crippen molar-refractivity contribution >= 4 is 49.7 Å². The fourth-order valence-corrected chi connectivity index (χ4v) is 3.20. The predicted octanol–water partition coefficient (Wildman–Crippen LogP) is 4.24. The van der Waals surface area contributed by atoms with Crippen LogP contribution in [0.1, 0.15) is 4.88 Å². The summed E-state index contributed by atoms with van der Waals surface area (Å²) in [7, 11) is 0. The number of halogens is 1. The Kier molecular flexibility index (Phi) is 5.20. The first-order valence-corrected chi connectivity index (χ1v) is 8.91. The van der Waals surface area contributed by atoms with E-state index in [1.165, 1.54) is 11.3 Å². The van der Waals surface area contributed by atoms with Gasteiger partial charge in [0.15, 0.2) is 5.13 Å². The Hall–Kier alpha value is -2.58. The lowest BCUT2D eigenvalue weighted by Gasteiger charge is -2.04. The number of nitrogens with zero attached hydrogens (tertiary/aromatic N) is 1. The minimum atomic E-state index is -0.238. The number of thiazole rings is 1. The zero-order valence-corrected chi connectivity index (χ0v) is 15.3. The zero-order chi connectivity index (χ0) is 17.8. The standard InChI is InChI=1S/C17H14BrN3O3S/c18-10-1-3-11(4-2-10)19-15(23)9-14-16(24)21-17(25-14)20-12-5-7-13(22)8-6-12/h1-8,22,24H,9H2,(H,19,23)(H,20,21). The highest BCUT2D eigenvalue weighted by atomic mass is 79.9. The first-order valence-electron chi connectivity index (χ1n) is 7.30. The maximum atomic E-state index is 12.1. The molecule has 0 fully saturated rings. The van der Waals surface area contributed by atoms with Gasteiger partial charge in [-0.2, -0.15) is 4.98 Å². The van der Waals surface area contributed by atoms with Gasteiger partial charge in [0.2, 0.25) is 11.8 Å². The summed E-state index contributed by atoms with van der Waals surface area (Å²) in [5, 5.41) is 25.5. The molecule has 0 unspecified atom stereocenters. The number of carbonyl (C=O) groups excluding carboxylic acids is 1. The largest absolute Gasteiger partial charge is 0.508 e. The molecular formula is C17H14BrN3O3S. The van der Waals surface area contributed by atoms with Crippen molar-refractivity contribution in [3.8, 4) is 11.6 Å². The van der Waals surface area contributed by atoms with Gasteiger partial charge in [0.25, 0.3) is 0 Å². The molecular weight excluding hydrogens is 406 g/mol. The third-order valence-electron chi connectivity index (χ3n) is 3.24. The van der Waals surface area contributed by atoms with Gasteiger partial charge >= 0.3 is 0 Å². The van der Waals surface area contributed by atoms with Gasteiger partial charge in [-0.15, -0.1) is 0 Å². The number of nitrogens with one attached hydrogen (secondary N) is 2. The van der Waals surface area contributed by atoms with Gasteiger partial charge in [0.1, 0.15) is 5.75 Å². The minimum absolute atomic E-state index is 0.0246. The molecule has 0 aliphatic rings. The lowest BCUT2D eigenvalue weighted by molar-refractivity contribution is -0.115. The summed E-state index contributed by atoms with van der Waals surface area (Å²) < 4.78 is 0.926. The number of rotatable bonds is 5. The molecule has 0 saturated heterocycles. The van der Waals surface area contributed by atoms with E-state index in [-0.39, 0.29) is 24.0 Å². The van der Waals surface area contributed by atoms with Gasteiger partial charge in [-0.1, -0.05) is 27.3 Å². The third kappa shape index (κ3) is 4.71. The molecule has 3 aromatic rings. The van der Waals surface area contributed by atoms with Crippen LogP contribution in [0.5, 0.6) is 11.6 Å². The van der Waals surface area contributed by atoms with Crippen molar-refractivity contribution in [1.82, 2.24) is 4.98 Å². The molecule has 1 aromatic heterocycles. The van der Waals surface area contributed by atoms with E-state index in [0.717, 1.165) is 10.2 Å². The number of amides is 1. The summed E-state index contributed by atoms with van der Waals surface area (Å²) in [4.78, 5) is 16.6. The highest BCUT2D eigenvalue weighted by molar-refractivity contribution is 9.10. The molecule has 6 nitrogen and oxygen atoms in total. The van der Waals surface area contributed by atoms with Crippen LogP contribution >= 0.6 is 27.3 Å². The minimum Gasteiger partial charge on any atom is -0.508 e. The predicted molar refractivity (Wildman–Crippen MR) is 102 cm³/mol. The molecule has 8 heteroatoms. The molecule has 2 aromatic carbocycles. The van der Waals surface area contributed by atoms with Crippen LogP contribution in [-0.4, -0.2) is 21.1 Å². The molecule has 0 aliphatic heterocycles. The SMILES string of the molecule is O=C(Cc1sc(Nc2ccc(O)cc2)nc1O)Nc1ccc(Br)cc1. The second-order valence-corrected chi connectivity index (χ2v) is 7.17.